The molecule has 0 bridgehead atoms. The third-order valence-corrected chi connectivity index (χ3v) is 2.80. The van der Waals surface area contributed by atoms with Crippen LogP contribution in [0.2, 0.25) is 0 Å². The molecule has 0 heterocycles. The Morgan fingerprint density at radius 2 is 2.00 bits per heavy atom. The van der Waals surface area contributed by atoms with Crippen molar-refractivity contribution in [3.05, 3.63) is 35.6 Å². The summed E-state index contributed by atoms with van der Waals surface area (Å²) in [6.07, 6.45) is 0.168. The average molecular weight is 322 g/mol. The van der Waals surface area contributed by atoms with Crippen molar-refractivity contribution in [2.75, 3.05) is 19.6 Å². The molecule has 0 unspecified atom stereocenters. The lowest BCUT2D eigenvalue weighted by molar-refractivity contribution is -0.120. The van der Waals surface area contributed by atoms with Crippen LogP contribution in [0.4, 0.5) is 4.39 Å². The van der Waals surface area contributed by atoms with Gasteiger partial charge in [0.2, 0.25) is 5.91 Å². The fourth-order valence-corrected chi connectivity index (χ4v) is 1.92. The highest BCUT2D eigenvalue weighted by Gasteiger charge is 2.11. The molecule has 0 spiro atoms. The second-order valence-electron chi connectivity index (χ2n) is 6.29. The van der Waals surface area contributed by atoms with Crippen molar-refractivity contribution in [2.24, 2.45) is 4.99 Å². The molecule has 0 atom stereocenters. The Labute approximate surface area is 137 Å². The van der Waals surface area contributed by atoms with E-state index in [1.165, 1.54) is 12.1 Å². The molecule has 5 nitrogen and oxygen atoms in total. The van der Waals surface area contributed by atoms with Gasteiger partial charge >= 0.3 is 0 Å². The molecule has 0 aliphatic rings. The Hall–Kier alpha value is -2.11. The van der Waals surface area contributed by atoms with Crippen molar-refractivity contribution >= 4 is 11.9 Å². The number of amides is 1. The van der Waals surface area contributed by atoms with E-state index in [0.29, 0.717) is 18.7 Å². The van der Waals surface area contributed by atoms with Gasteiger partial charge in [-0.2, -0.15) is 0 Å². The van der Waals surface area contributed by atoms with E-state index in [0.717, 1.165) is 12.5 Å². The highest BCUT2D eigenvalue weighted by atomic mass is 19.1. The normalized spacial score (nSPS) is 12.0. The van der Waals surface area contributed by atoms with E-state index in [-0.39, 0.29) is 23.7 Å². The average Bonchev–Trinajstić information content (AvgIpc) is 2.42. The molecule has 3 N–H and O–H groups in total. The molecule has 0 saturated heterocycles. The predicted octanol–water partition coefficient (Wildman–Crippen LogP) is 1.84. The van der Waals surface area contributed by atoms with Crippen LogP contribution in [0.1, 0.15) is 33.3 Å². The van der Waals surface area contributed by atoms with Crippen LogP contribution in [0.15, 0.2) is 29.3 Å². The summed E-state index contributed by atoms with van der Waals surface area (Å²) in [6.45, 7) is 9.85. The Balaban J connectivity index is 2.39. The second kappa shape index (κ2) is 9.12. The zero-order chi connectivity index (χ0) is 17.3. The molecular weight excluding hydrogens is 295 g/mol. The number of hydrogen-bond acceptors (Lipinski definition) is 2. The molecule has 0 radical (unpaired) electrons. The van der Waals surface area contributed by atoms with Crippen LogP contribution in [0, 0.1) is 5.82 Å². The summed E-state index contributed by atoms with van der Waals surface area (Å²) in [4.78, 5) is 16.2. The number of nitrogens with zero attached hydrogens (tertiary/aromatic N) is 1. The van der Waals surface area contributed by atoms with E-state index in [1.54, 1.807) is 12.1 Å². The van der Waals surface area contributed by atoms with Gasteiger partial charge in [-0.3, -0.25) is 9.79 Å². The van der Waals surface area contributed by atoms with Gasteiger partial charge in [-0.05, 0) is 45.4 Å². The lowest BCUT2D eigenvalue weighted by atomic mass is 10.1. The van der Waals surface area contributed by atoms with Crippen molar-refractivity contribution < 1.29 is 9.18 Å². The maximum atomic E-state index is 13.1. The van der Waals surface area contributed by atoms with Crippen molar-refractivity contribution in [1.29, 1.82) is 0 Å². The summed E-state index contributed by atoms with van der Waals surface area (Å²) >= 11 is 0. The maximum Gasteiger partial charge on any atom is 0.224 e. The number of guanidine groups is 1. The van der Waals surface area contributed by atoms with Gasteiger partial charge in [0.25, 0.3) is 0 Å². The van der Waals surface area contributed by atoms with Crippen LogP contribution in [-0.2, 0) is 11.2 Å². The van der Waals surface area contributed by atoms with Crippen LogP contribution in [-0.4, -0.2) is 37.0 Å². The number of benzene rings is 1. The Morgan fingerprint density at radius 3 is 2.61 bits per heavy atom. The standard InChI is InChI=1S/C17H27FN4O/c1-5-19-16(22-17(2,3)4)21-10-9-20-15(23)12-13-7-6-8-14(18)11-13/h6-8,11H,5,9-10,12H2,1-4H3,(H,20,23)(H2,19,21,22). The lowest BCUT2D eigenvalue weighted by Gasteiger charge is -2.23. The SMILES string of the molecule is CCNC(=NCCNC(=O)Cc1cccc(F)c1)NC(C)(C)C. The number of nitrogens with one attached hydrogen (secondary N) is 3. The maximum absolute atomic E-state index is 13.1. The van der Waals surface area contributed by atoms with Gasteiger partial charge in [0.15, 0.2) is 5.96 Å². The van der Waals surface area contributed by atoms with Crippen molar-refractivity contribution in [1.82, 2.24) is 16.0 Å². The summed E-state index contributed by atoms with van der Waals surface area (Å²) in [5.74, 6) is 0.252. The van der Waals surface area contributed by atoms with E-state index >= 15 is 0 Å². The minimum absolute atomic E-state index is 0.0817. The van der Waals surface area contributed by atoms with E-state index in [2.05, 4.69) is 41.7 Å². The molecule has 0 aromatic heterocycles. The van der Waals surface area contributed by atoms with Crippen LogP contribution >= 0.6 is 0 Å². The molecule has 0 aliphatic carbocycles. The molecule has 6 heteroatoms. The summed E-state index contributed by atoms with van der Waals surface area (Å²) in [7, 11) is 0. The number of halogens is 1. The molecule has 1 amide bonds. The van der Waals surface area contributed by atoms with Gasteiger partial charge in [0.1, 0.15) is 5.82 Å². The van der Waals surface area contributed by atoms with Gasteiger partial charge < -0.3 is 16.0 Å². The summed E-state index contributed by atoms with van der Waals surface area (Å²) in [5.41, 5.74) is 0.579. The molecule has 0 saturated carbocycles. The van der Waals surface area contributed by atoms with Crippen LogP contribution in [0.3, 0.4) is 0 Å². The molecule has 23 heavy (non-hydrogen) atoms. The summed E-state index contributed by atoms with van der Waals surface area (Å²) in [5, 5.41) is 9.22. The molecule has 128 valence electrons. The fourth-order valence-electron chi connectivity index (χ4n) is 1.92. The quantitative estimate of drug-likeness (QED) is 0.425. The third-order valence-electron chi connectivity index (χ3n) is 2.80. The number of carbonyl (C=O) groups is 1. The second-order valence-corrected chi connectivity index (χ2v) is 6.29. The lowest BCUT2D eigenvalue weighted by Crippen LogP contribution is -2.47. The minimum atomic E-state index is -0.330. The van der Waals surface area contributed by atoms with Crippen molar-refractivity contribution in [2.45, 2.75) is 39.7 Å². The van der Waals surface area contributed by atoms with Crippen LogP contribution < -0.4 is 16.0 Å². The highest BCUT2D eigenvalue weighted by molar-refractivity contribution is 5.80. The zero-order valence-electron chi connectivity index (χ0n) is 14.4. The first-order valence-corrected chi connectivity index (χ1v) is 7.88. The zero-order valence-corrected chi connectivity index (χ0v) is 14.4. The Morgan fingerprint density at radius 1 is 1.26 bits per heavy atom. The Kier molecular flexibility index (Phi) is 7.51. The number of carbonyl (C=O) groups excluding carboxylic acids is 1. The topological polar surface area (TPSA) is 65.5 Å². The van der Waals surface area contributed by atoms with E-state index in [4.69, 9.17) is 0 Å². The molecule has 1 aromatic carbocycles. The van der Waals surface area contributed by atoms with Crippen LogP contribution in [0.5, 0.6) is 0 Å². The smallest absolute Gasteiger partial charge is 0.224 e. The number of aliphatic imine (C=N–C) groups is 1. The van der Waals surface area contributed by atoms with Crippen molar-refractivity contribution in [3.63, 3.8) is 0 Å². The largest absolute Gasteiger partial charge is 0.357 e. The number of rotatable bonds is 6. The van der Waals surface area contributed by atoms with E-state index in [9.17, 15) is 9.18 Å². The van der Waals surface area contributed by atoms with E-state index < -0.39 is 0 Å². The predicted molar refractivity (Wildman–Crippen MR) is 92.0 cm³/mol. The van der Waals surface area contributed by atoms with Gasteiger partial charge in [-0.25, -0.2) is 4.39 Å². The van der Waals surface area contributed by atoms with Gasteiger partial charge in [0, 0.05) is 18.6 Å². The molecular formula is C17H27FN4O. The first-order valence-electron chi connectivity index (χ1n) is 7.88. The summed E-state index contributed by atoms with van der Waals surface area (Å²) in [6, 6.07) is 6.06. The minimum Gasteiger partial charge on any atom is -0.357 e. The molecule has 0 aliphatic heterocycles. The molecule has 1 aromatic rings. The van der Waals surface area contributed by atoms with Crippen molar-refractivity contribution in [3.8, 4) is 0 Å². The first-order chi connectivity index (χ1) is 10.8. The fraction of sp³-hybridized carbons (Fsp3) is 0.529. The van der Waals surface area contributed by atoms with Gasteiger partial charge in [-0.15, -0.1) is 0 Å². The van der Waals surface area contributed by atoms with Gasteiger partial charge in [-0.1, -0.05) is 12.1 Å². The number of hydrogen-bond donors (Lipinski definition) is 3. The third kappa shape index (κ3) is 8.80. The van der Waals surface area contributed by atoms with Crippen LogP contribution in [0.25, 0.3) is 0 Å². The summed E-state index contributed by atoms with van der Waals surface area (Å²) < 4.78 is 13.1. The molecule has 1 rings (SSSR count). The monoisotopic (exact) mass is 322 g/mol. The van der Waals surface area contributed by atoms with E-state index in [1.807, 2.05) is 6.92 Å². The Bertz CT molecular complexity index is 538. The molecule has 0 fully saturated rings. The first kappa shape index (κ1) is 18.9. The highest BCUT2D eigenvalue weighted by Crippen LogP contribution is 2.04. The van der Waals surface area contributed by atoms with Gasteiger partial charge in [0.05, 0.1) is 13.0 Å².